The average Bonchev–Trinajstić information content (AvgIpc) is 2.29. The Balaban J connectivity index is 4.91. The third-order valence-corrected chi connectivity index (χ3v) is 1.97. The summed E-state index contributed by atoms with van der Waals surface area (Å²) in [7, 11) is 0. The molecule has 0 aromatic rings. The first kappa shape index (κ1) is 14.8. The lowest BCUT2D eigenvalue weighted by molar-refractivity contribution is -0.177. The maximum Gasteiger partial charge on any atom is 0.141 e. The molecule has 2 N–H and O–H groups in total. The van der Waals surface area contributed by atoms with E-state index in [9.17, 15) is 10.2 Å². The molecule has 0 aromatic carbocycles. The van der Waals surface area contributed by atoms with Crippen LogP contribution in [0.3, 0.4) is 0 Å². The number of hydrogen-bond acceptors (Lipinski definition) is 4. The Morgan fingerprint density at radius 2 is 1.25 bits per heavy atom. The van der Waals surface area contributed by atoms with Gasteiger partial charge in [-0.3, -0.25) is 0 Å². The van der Waals surface area contributed by atoms with E-state index in [2.05, 4.69) is 26.3 Å². The minimum atomic E-state index is -0.993. The Kier molecular flexibility index (Phi) is 7.41. The van der Waals surface area contributed by atoms with Gasteiger partial charge in [-0.25, -0.2) is 5.01 Å². The summed E-state index contributed by atoms with van der Waals surface area (Å²) < 4.78 is 0. The number of aliphatic hydroxyl groups excluding tert-OH is 2. The number of rotatable bonds is 9. The molecule has 0 rings (SSSR count). The van der Waals surface area contributed by atoms with Gasteiger partial charge in [-0.2, -0.15) is 5.01 Å². The SMILES string of the molecule is C=CCN(CC=C)N(C(O)C=C)C(O)C=C. The van der Waals surface area contributed by atoms with E-state index in [0.717, 1.165) is 0 Å². The van der Waals surface area contributed by atoms with Crippen LogP contribution in [0.1, 0.15) is 0 Å². The molecular weight excluding hydrogens is 204 g/mol. The van der Waals surface area contributed by atoms with Crippen molar-refractivity contribution in [1.29, 1.82) is 0 Å². The molecule has 0 aliphatic carbocycles. The van der Waals surface area contributed by atoms with Gasteiger partial charge in [-0.1, -0.05) is 25.3 Å². The maximum atomic E-state index is 9.73. The van der Waals surface area contributed by atoms with Crippen molar-refractivity contribution in [3.05, 3.63) is 50.6 Å². The Morgan fingerprint density at radius 3 is 1.50 bits per heavy atom. The smallest absolute Gasteiger partial charge is 0.141 e. The summed E-state index contributed by atoms with van der Waals surface area (Å²) in [6, 6.07) is 0. The Labute approximate surface area is 97.1 Å². The molecule has 0 amide bonds. The van der Waals surface area contributed by atoms with E-state index in [1.807, 2.05) is 0 Å². The molecule has 4 nitrogen and oxygen atoms in total. The third-order valence-electron chi connectivity index (χ3n) is 1.97. The van der Waals surface area contributed by atoms with Crippen LogP contribution in [0.2, 0.25) is 0 Å². The summed E-state index contributed by atoms with van der Waals surface area (Å²) in [5.41, 5.74) is 0. The summed E-state index contributed by atoms with van der Waals surface area (Å²) >= 11 is 0. The topological polar surface area (TPSA) is 46.9 Å². The molecule has 2 unspecified atom stereocenters. The molecule has 0 saturated carbocycles. The molecule has 0 spiro atoms. The monoisotopic (exact) mass is 224 g/mol. The number of aliphatic hydroxyl groups is 2. The van der Waals surface area contributed by atoms with Gasteiger partial charge in [0.15, 0.2) is 0 Å². The second kappa shape index (κ2) is 8.01. The number of nitrogens with zero attached hydrogens (tertiary/aromatic N) is 2. The van der Waals surface area contributed by atoms with Gasteiger partial charge in [0.2, 0.25) is 0 Å². The van der Waals surface area contributed by atoms with E-state index in [1.54, 1.807) is 17.2 Å². The van der Waals surface area contributed by atoms with Gasteiger partial charge in [-0.05, 0) is 12.2 Å². The minimum absolute atomic E-state index is 0.474. The lowest BCUT2D eigenvalue weighted by Crippen LogP contribution is -2.53. The lowest BCUT2D eigenvalue weighted by atomic mass is 10.4. The summed E-state index contributed by atoms with van der Waals surface area (Å²) in [6.45, 7) is 15.2. The lowest BCUT2D eigenvalue weighted by Gasteiger charge is -2.37. The van der Waals surface area contributed by atoms with Gasteiger partial charge >= 0.3 is 0 Å². The van der Waals surface area contributed by atoms with Crippen molar-refractivity contribution in [3.8, 4) is 0 Å². The Morgan fingerprint density at radius 1 is 0.875 bits per heavy atom. The van der Waals surface area contributed by atoms with E-state index in [0.29, 0.717) is 13.1 Å². The molecule has 0 aliphatic heterocycles. The maximum absolute atomic E-state index is 9.73. The molecule has 0 heterocycles. The predicted molar refractivity (Wildman–Crippen MR) is 66.2 cm³/mol. The fourth-order valence-electron chi connectivity index (χ4n) is 1.27. The van der Waals surface area contributed by atoms with Gasteiger partial charge in [0.05, 0.1) is 0 Å². The van der Waals surface area contributed by atoms with Crippen LogP contribution in [-0.2, 0) is 0 Å². The molecule has 0 bridgehead atoms. The number of hydrogen-bond donors (Lipinski definition) is 2. The first-order chi connectivity index (χ1) is 7.62. The Bertz CT molecular complexity index is 229. The van der Waals surface area contributed by atoms with Crippen molar-refractivity contribution < 1.29 is 10.2 Å². The molecule has 16 heavy (non-hydrogen) atoms. The van der Waals surface area contributed by atoms with Crippen LogP contribution < -0.4 is 0 Å². The summed E-state index contributed by atoms with van der Waals surface area (Å²) in [5, 5.41) is 22.5. The van der Waals surface area contributed by atoms with Crippen molar-refractivity contribution in [3.63, 3.8) is 0 Å². The van der Waals surface area contributed by atoms with Crippen molar-refractivity contribution in [2.75, 3.05) is 13.1 Å². The largest absolute Gasteiger partial charge is 0.373 e. The fourth-order valence-corrected chi connectivity index (χ4v) is 1.27. The van der Waals surface area contributed by atoms with Crippen LogP contribution >= 0.6 is 0 Å². The summed E-state index contributed by atoms with van der Waals surface area (Å²) in [4.78, 5) is 0. The zero-order chi connectivity index (χ0) is 12.6. The molecule has 0 fully saturated rings. The first-order valence-electron chi connectivity index (χ1n) is 4.98. The quantitative estimate of drug-likeness (QED) is 0.347. The summed E-state index contributed by atoms with van der Waals surface area (Å²) in [5.74, 6) is 0. The van der Waals surface area contributed by atoms with Crippen LogP contribution in [0, 0.1) is 0 Å². The van der Waals surface area contributed by atoms with Crippen LogP contribution in [0.15, 0.2) is 50.6 Å². The highest BCUT2D eigenvalue weighted by Gasteiger charge is 2.24. The van der Waals surface area contributed by atoms with Crippen molar-refractivity contribution in [2.24, 2.45) is 0 Å². The predicted octanol–water partition coefficient (Wildman–Crippen LogP) is 0.886. The highest BCUT2D eigenvalue weighted by Crippen LogP contribution is 2.09. The highest BCUT2D eigenvalue weighted by atomic mass is 16.3. The summed E-state index contributed by atoms with van der Waals surface area (Å²) in [6.07, 6.45) is 4.00. The first-order valence-corrected chi connectivity index (χ1v) is 4.98. The molecule has 0 radical (unpaired) electrons. The van der Waals surface area contributed by atoms with E-state index in [-0.39, 0.29) is 0 Å². The third kappa shape index (κ3) is 4.12. The molecule has 4 heteroatoms. The molecule has 2 atom stereocenters. The van der Waals surface area contributed by atoms with Gasteiger partial charge in [-0.15, -0.1) is 13.2 Å². The fraction of sp³-hybridized carbons (Fsp3) is 0.333. The van der Waals surface area contributed by atoms with Crippen LogP contribution in [0.25, 0.3) is 0 Å². The number of hydrazine groups is 1. The zero-order valence-corrected chi connectivity index (χ0v) is 9.50. The van der Waals surface area contributed by atoms with Crippen molar-refractivity contribution >= 4 is 0 Å². The normalized spacial score (nSPS) is 14.5. The van der Waals surface area contributed by atoms with Crippen molar-refractivity contribution in [1.82, 2.24) is 10.0 Å². The van der Waals surface area contributed by atoms with Crippen molar-refractivity contribution in [2.45, 2.75) is 12.5 Å². The van der Waals surface area contributed by atoms with Gasteiger partial charge in [0.1, 0.15) is 12.5 Å². The molecule has 90 valence electrons. The van der Waals surface area contributed by atoms with E-state index in [4.69, 9.17) is 0 Å². The standard InChI is InChI=1S/C12H20N2O2/c1-5-9-13(10-6-2)14(11(15)7-3)12(16)8-4/h5-8,11-12,15-16H,1-4,9-10H2. The van der Waals surface area contributed by atoms with Crippen LogP contribution in [-0.4, -0.2) is 45.8 Å². The van der Waals surface area contributed by atoms with Crippen LogP contribution in [0.4, 0.5) is 0 Å². The minimum Gasteiger partial charge on any atom is -0.373 e. The van der Waals surface area contributed by atoms with E-state index >= 15 is 0 Å². The zero-order valence-electron chi connectivity index (χ0n) is 9.50. The second-order valence-electron chi connectivity index (χ2n) is 3.13. The average molecular weight is 224 g/mol. The van der Waals surface area contributed by atoms with Gasteiger partial charge in [0, 0.05) is 13.1 Å². The van der Waals surface area contributed by atoms with Crippen LogP contribution in [0.5, 0.6) is 0 Å². The Hall–Kier alpha value is -1.20. The molecule has 0 aliphatic rings. The molecular formula is C12H20N2O2. The second-order valence-corrected chi connectivity index (χ2v) is 3.13. The highest BCUT2D eigenvalue weighted by molar-refractivity contribution is 4.89. The molecule has 0 saturated heterocycles. The van der Waals surface area contributed by atoms with Gasteiger partial charge in [0.25, 0.3) is 0 Å². The molecule has 0 aromatic heterocycles. The van der Waals surface area contributed by atoms with E-state index in [1.165, 1.54) is 17.2 Å². The van der Waals surface area contributed by atoms with E-state index < -0.39 is 12.5 Å². The van der Waals surface area contributed by atoms with Gasteiger partial charge < -0.3 is 10.2 Å².